The number of aromatic nitrogens is 3. The number of rotatable bonds is 2. The molecule has 0 aliphatic heterocycles. The van der Waals surface area contributed by atoms with Gasteiger partial charge in [-0.1, -0.05) is 30.3 Å². The molecule has 0 fully saturated rings. The molecule has 0 aliphatic rings. The Morgan fingerprint density at radius 1 is 0.708 bits per heavy atom. The van der Waals surface area contributed by atoms with Crippen LogP contribution in [-0.4, -0.2) is 15.0 Å². The highest BCUT2D eigenvalue weighted by molar-refractivity contribution is 6.07. The fraction of sp³-hybridized carbons (Fsp3) is 0. The van der Waals surface area contributed by atoms with Gasteiger partial charge >= 0.3 is 0 Å². The smallest absolute Gasteiger partial charge is 0.230 e. The number of hydrogen-bond donors (Lipinski definition) is 1. The van der Waals surface area contributed by atoms with Crippen molar-refractivity contribution in [3.8, 4) is 11.6 Å². The second-order valence-electron chi connectivity index (χ2n) is 5.68. The third kappa shape index (κ3) is 2.01. The third-order valence-electron chi connectivity index (χ3n) is 4.20. The molecule has 0 spiro atoms. The van der Waals surface area contributed by atoms with Crippen molar-refractivity contribution in [3.63, 3.8) is 0 Å². The molecule has 1 N–H and O–H groups in total. The maximum absolute atomic E-state index is 6.02. The van der Waals surface area contributed by atoms with E-state index in [4.69, 9.17) is 4.74 Å². The van der Waals surface area contributed by atoms with Gasteiger partial charge in [0, 0.05) is 22.4 Å². The molecule has 0 radical (unpaired) electrons. The predicted molar refractivity (Wildman–Crippen MR) is 95.4 cm³/mol. The Kier molecular flexibility index (Phi) is 2.76. The van der Waals surface area contributed by atoms with E-state index < -0.39 is 0 Å². The summed E-state index contributed by atoms with van der Waals surface area (Å²) in [5.41, 5.74) is 3.04. The molecule has 0 bridgehead atoms. The lowest BCUT2D eigenvalue weighted by Crippen LogP contribution is -1.91. The van der Waals surface area contributed by atoms with Gasteiger partial charge in [0.2, 0.25) is 5.88 Å². The number of para-hydroxylation sites is 2. The minimum atomic E-state index is 0.566. The van der Waals surface area contributed by atoms with E-state index in [1.54, 1.807) is 0 Å². The van der Waals surface area contributed by atoms with Crippen molar-refractivity contribution in [2.75, 3.05) is 0 Å². The van der Waals surface area contributed by atoms with Crippen molar-refractivity contribution >= 4 is 32.7 Å². The lowest BCUT2D eigenvalue weighted by Gasteiger charge is -2.07. The molecule has 0 amide bonds. The molecule has 2 heterocycles. The summed E-state index contributed by atoms with van der Waals surface area (Å²) >= 11 is 0. The van der Waals surface area contributed by atoms with Crippen molar-refractivity contribution in [1.82, 2.24) is 15.0 Å². The van der Waals surface area contributed by atoms with Crippen LogP contribution in [0.5, 0.6) is 11.6 Å². The maximum Gasteiger partial charge on any atom is 0.230 e. The van der Waals surface area contributed by atoms with Crippen LogP contribution in [-0.2, 0) is 0 Å². The molecule has 0 unspecified atom stereocenters. The van der Waals surface area contributed by atoms with E-state index in [9.17, 15) is 0 Å². The highest BCUT2D eigenvalue weighted by Gasteiger charge is 2.08. The molecule has 0 atom stereocenters. The van der Waals surface area contributed by atoms with Gasteiger partial charge in [-0.3, -0.25) is 0 Å². The number of benzene rings is 3. The van der Waals surface area contributed by atoms with Gasteiger partial charge < -0.3 is 9.72 Å². The van der Waals surface area contributed by atoms with Gasteiger partial charge in [-0.15, -0.1) is 0 Å². The number of fused-ring (bicyclic) bond motifs is 4. The van der Waals surface area contributed by atoms with Crippen LogP contribution in [0.2, 0.25) is 0 Å². The molecule has 114 valence electrons. The molecule has 0 aliphatic carbocycles. The van der Waals surface area contributed by atoms with Crippen LogP contribution < -0.4 is 4.74 Å². The van der Waals surface area contributed by atoms with E-state index >= 15 is 0 Å². The summed E-state index contributed by atoms with van der Waals surface area (Å²) in [7, 11) is 0. The normalized spacial score (nSPS) is 11.3. The molecule has 4 heteroatoms. The van der Waals surface area contributed by atoms with Crippen LogP contribution >= 0.6 is 0 Å². The molecule has 0 saturated heterocycles. The Hall–Kier alpha value is -3.40. The standard InChI is InChI=1S/C20H13N3O/c1-4-8-18-14(5-1)15-10-9-13(11-19(15)23-18)24-20-16-6-2-3-7-17(16)21-12-22-20/h1-12,23H. The topological polar surface area (TPSA) is 50.8 Å². The summed E-state index contributed by atoms with van der Waals surface area (Å²) in [6.07, 6.45) is 1.53. The van der Waals surface area contributed by atoms with Crippen LogP contribution in [0.3, 0.4) is 0 Å². The molecule has 24 heavy (non-hydrogen) atoms. The van der Waals surface area contributed by atoms with Gasteiger partial charge in [-0.05, 0) is 30.3 Å². The summed E-state index contributed by atoms with van der Waals surface area (Å²) in [5, 5.41) is 3.30. The van der Waals surface area contributed by atoms with E-state index in [0.29, 0.717) is 5.88 Å². The molecular formula is C20H13N3O. The van der Waals surface area contributed by atoms with Crippen LogP contribution in [0.25, 0.3) is 32.7 Å². The Labute approximate surface area is 137 Å². The quantitative estimate of drug-likeness (QED) is 0.496. The summed E-state index contributed by atoms with van der Waals surface area (Å²) in [4.78, 5) is 12.0. The van der Waals surface area contributed by atoms with E-state index in [0.717, 1.165) is 27.7 Å². The number of H-pyrrole nitrogens is 1. The SMILES string of the molecule is c1ccc2c(Oc3ccc4c(c3)[nH]c3ccccc34)ncnc2c1. The Morgan fingerprint density at radius 3 is 2.46 bits per heavy atom. The van der Waals surface area contributed by atoms with Gasteiger partial charge in [0.25, 0.3) is 0 Å². The van der Waals surface area contributed by atoms with E-state index in [1.807, 2.05) is 48.5 Å². The lowest BCUT2D eigenvalue weighted by atomic mass is 10.1. The van der Waals surface area contributed by atoms with Gasteiger partial charge in [0.1, 0.15) is 12.1 Å². The van der Waals surface area contributed by atoms with Crippen LogP contribution in [0.4, 0.5) is 0 Å². The number of aromatic amines is 1. The highest BCUT2D eigenvalue weighted by Crippen LogP contribution is 2.31. The van der Waals surface area contributed by atoms with E-state index in [1.165, 1.54) is 17.1 Å². The summed E-state index contributed by atoms with van der Waals surface area (Å²) in [6, 6.07) is 22.2. The second kappa shape index (κ2) is 5.06. The first-order valence-corrected chi connectivity index (χ1v) is 7.76. The third-order valence-corrected chi connectivity index (χ3v) is 4.20. The minimum Gasteiger partial charge on any atom is -0.438 e. The van der Waals surface area contributed by atoms with E-state index in [2.05, 4.69) is 33.2 Å². The van der Waals surface area contributed by atoms with Gasteiger partial charge in [-0.25, -0.2) is 9.97 Å². The van der Waals surface area contributed by atoms with Crippen LogP contribution in [0.15, 0.2) is 73.1 Å². The fourth-order valence-electron chi connectivity index (χ4n) is 3.07. The van der Waals surface area contributed by atoms with Crippen LogP contribution in [0, 0.1) is 0 Å². The lowest BCUT2D eigenvalue weighted by molar-refractivity contribution is 0.469. The predicted octanol–water partition coefficient (Wildman–Crippen LogP) is 5.06. The van der Waals surface area contributed by atoms with Crippen molar-refractivity contribution in [2.45, 2.75) is 0 Å². The van der Waals surface area contributed by atoms with Crippen molar-refractivity contribution in [3.05, 3.63) is 73.1 Å². The molecule has 0 saturated carbocycles. The zero-order valence-corrected chi connectivity index (χ0v) is 12.7. The number of nitrogens with zero attached hydrogens (tertiary/aromatic N) is 2. The summed E-state index contributed by atoms with van der Waals surface area (Å²) in [5.74, 6) is 1.31. The Balaban J connectivity index is 1.62. The van der Waals surface area contributed by atoms with E-state index in [-0.39, 0.29) is 0 Å². The highest BCUT2D eigenvalue weighted by atomic mass is 16.5. The fourth-order valence-corrected chi connectivity index (χ4v) is 3.07. The second-order valence-corrected chi connectivity index (χ2v) is 5.68. The number of ether oxygens (including phenoxy) is 1. The summed E-state index contributed by atoms with van der Waals surface area (Å²) in [6.45, 7) is 0. The minimum absolute atomic E-state index is 0.566. The Bertz CT molecular complexity index is 1190. The molecule has 5 rings (SSSR count). The van der Waals surface area contributed by atoms with Crippen LogP contribution in [0.1, 0.15) is 0 Å². The zero-order chi connectivity index (χ0) is 15.9. The molecule has 5 aromatic rings. The van der Waals surface area contributed by atoms with Gasteiger partial charge in [0.15, 0.2) is 0 Å². The van der Waals surface area contributed by atoms with Crippen molar-refractivity contribution in [1.29, 1.82) is 0 Å². The zero-order valence-electron chi connectivity index (χ0n) is 12.7. The molecular weight excluding hydrogens is 298 g/mol. The largest absolute Gasteiger partial charge is 0.438 e. The molecule has 3 aromatic carbocycles. The maximum atomic E-state index is 6.02. The Morgan fingerprint density at radius 2 is 1.50 bits per heavy atom. The monoisotopic (exact) mass is 311 g/mol. The van der Waals surface area contributed by atoms with Crippen molar-refractivity contribution < 1.29 is 4.74 Å². The number of hydrogen-bond acceptors (Lipinski definition) is 3. The first-order valence-electron chi connectivity index (χ1n) is 7.76. The number of nitrogens with one attached hydrogen (secondary N) is 1. The first kappa shape index (κ1) is 13.1. The van der Waals surface area contributed by atoms with Gasteiger partial charge in [-0.2, -0.15) is 0 Å². The van der Waals surface area contributed by atoms with Gasteiger partial charge in [0.05, 0.1) is 16.4 Å². The average molecular weight is 311 g/mol. The average Bonchev–Trinajstić information content (AvgIpc) is 3.00. The first-order chi connectivity index (χ1) is 11.9. The summed E-state index contributed by atoms with van der Waals surface area (Å²) < 4.78 is 6.02. The molecule has 2 aromatic heterocycles. The van der Waals surface area contributed by atoms with Crippen molar-refractivity contribution in [2.24, 2.45) is 0 Å². The molecule has 4 nitrogen and oxygen atoms in total.